The largest absolute Gasteiger partial charge is 0.382 e. The van der Waals surface area contributed by atoms with Gasteiger partial charge in [-0.05, 0) is 6.07 Å². The normalized spacial score (nSPS) is 11.3. The molecule has 0 saturated heterocycles. The van der Waals surface area contributed by atoms with Crippen molar-refractivity contribution < 1.29 is 9.31 Å². The van der Waals surface area contributed by atoms with Crippen LogP contribution in [-0.2, 0) is 0 Å². The molecule has 0 saturated carbocycles. The lowest BCUT2D eigenvalue weighted by atomic mass is 10.2. The van der Waals surface area contributed by atoms with E-state index in [1.54, 1.807) is 11.8 Å². The highest BCUT2D eigenvalue weighted by Crippen LogP contribution is 2.23. The van der Waals surface area contributed by atoms with Crippen LogP contribution < -0.4 is 5.32 Å². The molecule has 0 atom stereocenters. The van der Waals surface area contributed by atoms with Gasteiger partial charge >= 0.3 is 0 Å². The molecule has 0 aromatic heterocycles. The fourth-order valence-electron chi connectivity index (χ4n) is 1.30. The van der Waals surface area contributed by atoms with E-state index in [0.717, 1.165) is 11.8 Å². The minimum absolute atomic E-state index is 0.176. The van der Waals surface area contributed by atoms with Crippen molar-refractivity contribution >= 4 is 23.1 Å². The van der Waals surface area contributed by atoms with Crippen molar-refractivity contribution in [3.05, 3.63) is 34.1 Å². The van der Waals surface area contributed by atoms with Crippen LogP contribution in [0.5, 0.6) is 0 Å². The van der Waals surface area contributed by atoms with E-state index in [0.29, 0.717) is 12.2 Å². The van der Waals surface area contributed by atoms with Gasteiger partial charge in [-0.3, -0.25) is 10.1 Å². The first-order valence-corrected chi connectivity index (χ1v) is 6.60. The van der Waals surface area contributed by atoms with Crippen molar-refractivity contribution in [1.82, 2.24) is 0 Å². The van der Waals surface area contributed by atoms with Crippen LogP contribution in [0.25, 0.3) is 0 Å². The summed E-state index contributed by atoms with van der Waals surface area (Å²) in [5.41, 5.74) is 0.0669. The topological polar surface area (TPSA) is 55.2 Å². The van der Waals surface area contributed by atoms with Gasteiger partial charge in [0.2, 0.25) is 0 Å². The van der Waals surface area contributed by atoms with Crippen molar-refractivity contribution in [2.75, 3.05) is 17.6 Å². The molecular formula is C12H17FN2O2S. The van der Waals surface area contributed by atoms with Gasteiger partial charge in [-0.15, -0.1) is 0 Å². The molecule has 100 valence electrons. The number of anilines is 1. The Morgan fingerprint density at radius 2 is 2.11 bits per heavy atom. The van der Waals surface area contributed by atoms with Crippen LogP contribution in [0.1, 0.15) is 20.8 Å². The zero-order chi connectivity index (χ0) is 13.8. The molecule has 0 fully saturated rings. The third-order valence-corrected chi connectivity index (χ3v) is 3.39. The second kappa shape index (κ2) is 6.04. The Morgan fingerprint density at radius 1 is 1.44 bits per heavy atom. The highest BCUT2D eigenvalue weighted by Gasteiger charge is 2.12. The van der Waals surface area contributed by atoms with Gasteiger partial charge in [-0.1, -0.05) is 20.8 Å². The van der Waals surface area contributed by atoms with Gasteiger partial charge in [0.1, 0.15) is 0 Å². The third-order valence-electron chi connectivity index (χ3n) is 2.12. The molecular weight excluding hydrogens is 255 g/mol. The number of nitro benzene ring substituents is 1. The Balaban J connectivity index is 2.51. The molecule has 0 heterocycles. The van der Waals surface area contributed by atoms with Crippen LogP contribution in [0.2, 0.25) is 0 Å². The molecule has 18 heavy (non-hydrogen) atoms. The lowest BCUT2D eigenvalue weighted by molar-refractivity contribution is -0.385. The van der Waals surface area contributed by atoms with Gasteiger partial charge in [0, 0.05) is 23.1 Å². The number of nitrogens with one attached hydrogen (secondary N) is 1. The highest BCUT2D eigenvalue weighted by atomic mass is 32.2. The van der Waals surface area contributed by atoms with E-state index < -0.39 is 10.7 Å². The molecule has 6 heteroatoms. The fraction of sp³-hybridized carbons (Fsp3) is 0.500. The number of rotatable bonds is 5. The standard InChI is InChI=1S/C12H17FN2O2S/c1-12(2,3)18-7-6-14-11-5-4-9(15(16)17)8-10(11)13/h4-5,8,14H,6-7H2,1-3H3. The Labute approximate surface area is 110 Å². The second-order valence-corrected chi connectivity index (χ2v) is 6.73. The number of nitrogens with zero attached hydrogens (tertiary/aromatic N) is 1. The number of nitro groups is 1. The summed E-state index contributed by atoms with van der Waals surface area (Å²) in [5.74, 6) is 0.255. The maximum absolute atomic E-state index is 13.5. The van der Waals surface area contributed by atoms with Gasteiger partial charge in [-0.2, -0.15) is 11.8 Å². The number of thioether (sulfide) groups is 1. The lowest BCUT2D eigenvalue weighted by Crippen LogP contribution is -2.13. The average molecular weight is 272 g/mol. The molecule has 1 N–H and O–H groups in total. The number of benzene rings is 1. The van der Waals surface area contributed by atoms with Crippen LogP contribution >= 0.6 is 11.8 Å². The molecule has 0 radical (unpaired) electrons. The summed E-state index contributed by atoms with van der Waals surface area (Å²) < 4.78 is 13.7. The number of hydrogen-bond acceptors (Lipinski definition) is 4. The summed E-state index contributed by atoms with van der Waals surface area (Å²) in [6, 6.07) is 3.62. The van der Waals surface area contributed by atoms with E-state index >= 15 is 0 Å². The molecule has 0 aliphatic carbocycles. The van der Waals surface area contributed by atoms with Crippen LogP contribution in [0, 0.1) is 15.9 Å². The summed E-state index contributed by atoms with van der Waals surface area (Å²) in [6.07, 6.45) is 0. The molecule has 0 spiro atoms. The Kier molecular flexibility index (Phi) is 4.95. The van der Waals surface area contributed by atoms with E-state index in [4.69, 9.17) is 0 Å². The lowest BCUT2D eigenvalue weighted by Gasteiger charge is -2.17. The van der Waals surface area contributed by atoms with Gasteiger partial charge < -0.3 is 5.32 Å². The van der Waals surface area contributed by atoms with E-state index in [1.165, 1.54) is 12.1 Å². The molecule has 1 aromatic carbocycles. The SMILES string of the molecule is CC(C)(C)SCCNc1ccc([N+](=O)[O-])cc1F. The predicted octanol–water partition coefficient (Wildman–Crippen LogP) is 3.68. The molecule has 1 rings (SSSR count). The molecule has 0 aliphatic heterocycles. The molecule has 0 aliphatic rings. The van der Waals surface area contributed by atoms with Gasteiger partial charge in [0.05, 0.1) is 16.7 Å². The van der Waals surface area contributed by atoms with Crippen LogP contribution in [-0.4, -0.2) is 22.0 Å². The van der Waals surface area contributed by atoms with Crippen molar-refractivity contribution in [2.45, 2.75) is 25.5 Å². The zero-order valence-electron chi connectivity index (χ0n) is 10.7. The molecule has 4 nitrogen and oxygen atoms in total. The Morgan fingerprint density at radius 3 is 2.61 bits per heavy atom. The van der Waals surface area contributed by atoms with E-state index in [1.807, 2.05) is 0 Å². The quantitative estimate of drug-likeness (QED) is 0.504. The minimum Gasteiger partial charge on any atom is -0.382 e. The van der Waals surface area contributed by atoms with Crippen molar-refractivity contribution in [2.24, 2.45) is 0 Å². The maximum atomic E-state index is 13.5. The Hall–Kier alpha value is -1.30. The van der Waals surface area contributed by atoms with Crippen LogP contribution in [0.15, 0.2) is 18.2 Å². The summed E-state index contributed by atoms with van der Waals surface area (Å²) in [5, 5.41) is 13.4. The van der Waals surface area contributed by atoms with E-state index in [-0.39, 0.29) is 10.4 Å². The van der Waals surface area contributed by atoms with Gasteiger partial charge in [0.15, 0.2) is 5.82 Å². The van der Waals surface area contributed by atoms with Crippen LogP contribution in [0.4, 0.5) is 15.8 Å². The van der Waals surface area contributed by atoms with Gasteiger partial charge in [0.25, 0.3) is 5.69 Å². The number of hydrogen-bond donors (Lipinski definition) is 1. The zero-order valence-corrected chi connectivity index (χ0v) is 11.5. The third kappa shape index (κ3) is 4.91. The summed E-state index contributed by atoms with van der Waals surface area (Å²) in [7, 11) is 0. The summed E-state index contributed by atoms with van der Waals surface area (Å²) in [4.78, 5) is 9.84. The predicted molar refractivity (Wildman–Crippen MR) is 73.8 cm³/mol. The number of halogens is 1. The van der Waals surface area contributed by atoms with Gasteiger partial charge in [-0.25, -0.2) is 4.39 Å². The molecule has 0 amide bonds. The summed E-state index contributed by atoms with van der Waals surface area (Å²) in [6.45, 7) is 6.97. The Bertz CT molecular complexity index is 433. The van der Waals surface area contributed by atoms with Crippen molar-refractivity contribution in [3.63, 3.8) is 0 Å². The second-order valence-electron chi connectivity index (χ2n) is 4.81. The molecule has 0 bridgehead atoms. The molecule has 0 unspecified atom stereocenters. The maximum Gasteiger partial charge on any atom is 0.272 e. The number of non-ortho nitro benzene ring substituents is 1. The highest BCUT2D eigenvalue weighted by molar-refractivity contribution is 8.00. The van der Waals surface area contributed by atoms with Crippen LogP contribution in [0.3, 0.4) is 0 Å². The average Bonchev–Trinajstić information content (AvgIpc) is 2.24. The first kappa shape index (κ1) is 14.8. The van der Waals surface area contributed by atoms with Crippen molar-refractivity contribution in [3.8, 4) is 0 Å². The smallest absolute Gasteiger partial charge is 0.272 e. The monoisotopic (exact) mass is 272 g/mol. The van der Waals surface area contributed by atoms with E-state index in [9.17, 15) is 14.5 Å². The molecule has 1 aromatic rings. The first-order chi connectivity index (χ1) is 8.29. The van der Waals surface area contributed by atoms with E-state index in [2.05, 4.69) is 26.1 Å². The first-order valence-electron chi connectivity index (χ1n) is 5.61. The summed E-state index contributed by atoms with van der Waals surface area (Å²) >= 11 is 1.77. The minimum atomic E-state index is -0.609. The fourth-order valence-corrected chi connectivity index (χ4v) is 2.12. The van der Waals surface area contributed by atoms with Crippen molar-refractivity contribution in [1.29, 1.82) is 0 Å².